The summed E-state index contributed by atoms with van der Waals surface area (Å²) in [5.41, 5.74) is 2.74. The van der Waals surface area contributed by atoms with Crippen molar-refractivity contribution in [1.29, 1.82) is 0 Å². The number of fused-ring (bicyclic) bond motifs is 1. The van der Waals surface area contributed by atoms with E-state index in [0.717, 1.165) is 35.4 Å². The third-order valence-electron chi connectivity index (χ3n) is 5.07. The van der Waals surface area contributed by atoms with Crippen LogP contribution in [0.4, 0.5) is 11.4 Å². The van der Waals surface area contributed by atoms with Gasteiger partial charge in [-0.05, 0) is 77.5 Å². The Morgan fingerprint density at radius 1 is 0.963 bits per heavy atom. The predicted octanol–water partition coefficient (Wildman–Crippen LogP) is 4.45. The lowest BCUT2D eigenvalue weighted by molar-refractivity contribution is 0.102. The van der Waals surface area contributed by atoms with Gasteiger partial charge in [0.2, 0.25) is 0 Å². The first-order valence-corrected chi connectivity index (χ1v) is 10.2. The number of nitrogens with zero attached hydrogens (tertiary/aromatic N) is 2. The molecule has 0 bridgehead atoms. The Hall–Kier alpha value is -2.12. The first-order valence-electron chi connectivity index (χ1n) is 9.13. The van der Waals surface area contributed by atoms with Crippen molar-refractivity contribution in [1.82, 2.24) is 4.90 Å². The highest BCUT2D eigenvalue weighted by Gasteiger charge is 2.16. The zero-order valence-electron chi connectivity index (χ0n) is 15.3. The zero-order valence-corrected chi connectivity index (χ0v) is 17.4. The summed E-state index contributed by atoms with van der Waals surface area (Å²) in [6.45, 7) is 4.18. The molecule has 0 aliphatic carbocycles. The maximum atomic E-state index is 12.6. The fraction of sp³-hybridized carbons (Fsp3) is 0.227. The van der Waals surface area contributed by atoms with Crippen LogP contribution >= 0.6 is 22.6 Å². The van der Waals surface area contributed by atoms with E-state index in [2.05, 4.69) is 75.1 Å². The Morgan fingerprint density at radius 2 is 1.70 bits per heavy atom. The maximum Gasteiger partial charge on any atom is 0.255 e. The number of piperazine rings is 1. The van der Waals surface area contributed by atoms with Crippen molar-refractivity contribution in [3.63, 3.8) is 0 Å². The van der Waals surface area contributed by atoms with Gasteiger partial charge in [-0.25, -0.2) is 0 Å². The lowest BCUT2D eigenvalue weighted by Crippen LogP contribution is -2.44. The van der Waals surface area contributed by atoms with E-state index in [9.17, 15) is 4.79 Å². The fourth-order valence-electron chi connectivity index (χ4n) is 3.46. The van der Waals surface area contributed by atoms with Gasteiger partial charge >= 0.3 is 0 Å². The molecule has 1 heterocycles. The SMILES string of the molecule is CN1CCN(c2cccc3ccc(NC(=O)c4ccc(I)cc4)cc23)CC1. The Bertz CT molecular complexity index is 963. The van der Waals surface area contributed by atoms with Gasteiger partial charge in [-0.3, -0.25) is 4.79 Å². The number of benzene rings is 3. The highest BCUT2D eigenvalue weighted by atomic mass is 127. The minimum atomic E-state index is -0.0807. The topological polar surface area (TPSA) is 35.6 Å². The van der Waals surface area contributed by atoms with Crippen LogP contribution in [0.15, 0.2) is 60.7 Å². The van der Waals surface area contributed by atoms with E-state index in [1.165, 1.54) is 16.5 Å². The number of nitrogens with one attached hydrogen (secondary N) is 1. The van der Waals surface area contributed by atoms with Crippen molar-refractivity contribution in [3.8, 4) is 0 Å². The van der Waals surface area contributed by atoms with E-state index in [1.54, 1.807) is 0 Å². The molecule has 1 aliphatic heterocycles. The summed E-state index contributed by atoms with van der Waals surface area (Å²) in [4.78, 5) is 17.3. The second-order valence-corrected chi connectivity index (χ2v) is 8.21. The van der Waals surface area contributed by atoms with Crippen molar-refractivity contribution in [2.45, 2.75) is 0 Å². The molecule has 1 fully saturated rings. The minimum Gasteiger partial charge on any atom is -0.368 e. The Kier molecular flexibility index (Phi) is 5.31. The van der Waals surface area contributed by atoms with Gasteiger partial charge in [-0.2, -0.15) is 0 Å². The van der Waals surface area contributed by atoms with E-state index in [-0.39, 0.29) is 5.91 Å². The van der Waals surface area contributed by atoms with Crippen LogP contribution in [0, 0.1) is 3.57 Å². The molecule has 138 valence electrons. The van der Waals surface area contributed by atoms with Gasteiger partial charge in [0.05, 0.1) is 0 Å². The van der Waals surface area contributed by atoms with Gasteiger partial charge < -0.3 is 15.1 Å². The summed E-state index contributed by atoms with van der Waals surface area (Å²) in [7, 11) is 2.17. The molecule has 4 rings (SSSR count). The normalized spacial score (nSPS) is 15.1. The molecule has 1 saturated heterocycles. The third-order valence-corrected chi connectivity index (χ3v) is 5.79. The molecule has 0 spiro atoms. The highest BCUT2D eigenvalue weighted by molar-refractivity contribution is 14.1. The van der Waals surface area contributed by atoms with E-state index in [1.807, 2.05) is 30.3 Å². The van der Waals surface area contributed by atoms with Crippen LogP contribution < -0.4 is 10.2 Å². The minimum absolute atomic E-state index is 0.0807. The molecule has 0 saturated carbocycles. The number of halogens is 1. The summed E-state index contributed by atoms with van der Waals surface area (Å²) in [6.07, 6.45) is 0. The molecule has 0 atom stereocenters. The summed E-state index contributed by atoms with van der Waals surface area (Å²) in [5, 5.41) is 5.41. The third kappa shape index (κ3) is 4.09. The fourth-order valence-corrected chi connectivity index (χ4v) is 3.82. The molecular formula is C22H22IN3O. The average molecular weight is 471 g/mol. The van der Waals surface area contributed by atoms with Crippen molar-refractivity contribution < 1.29 is 4.79 Å². The maximum absolute atomic E-state index is 12.6. The average Bonchev–Trinajstić information content (AvgIpc) is 2.69. The van der Waals surface area contributed by atoms with E-state index < -0.39 is 0 Å². The molecule has 3 aromatic rings. The van der Waals surface area contributed by atoms with Crippen LogP contribution in [0.3, 0.4) is 0 Å². The number of hydrogen-bond donors (Lipinski definition) is 1. The van der Waals surface area contributed by atoms with Gasteiger partial charge in [-0.15, -0.1) is 0 Å². The van der Waals surface area contributed by atoms with Crippen molar-refractivity contribution >= 4 is 50.6 Å². The van der Waals surface area contributed by atoms with Crippen LogP contribution in [-0.4, -0.2) is 44.0 Å². The van der Waals surface area contributed by atoms with Gasteiger partial charge in [0.15, 0.2) is 0 Å². The number of amides is 1. The van der Waals surface area contributed by atoms with Gasteiger partial charge in [0, 0.05) is 52.1 Å². The van der Waals surface area contributed by atoms with Gasteiger partial charge in [0.25, 0.3) is 5.91 Å². The van der Waals surface area contributed by atoms with E-state index in [0.29, 0.717) is 5.56 Å². The van der Waals surface area contributed by atoms with Crippen LogP contribution in [0.25, 0.3) is 10.8 Å². The van der Waals surface area contributed by atoms with Crippen molar-refractivity contribution in [2.75, 3.05) is 43.4 Å². The smallest absolute Gasteiger partial charge is 0.255 e. The first-order chi connectivity index (χ1) is 13.1. The number of carbonyl (C=O) groups is 1. The zero-order chi connectivity index (χ0) is 18.8. The van der Waals surface area contributed by atoms with Crippen molar-refractivity contribution in [3.05, 3.63) is 69.8 Å². The first kappa shape index (κ1) is 18.3. The molecule has 1 N–H and O–H groups in total. The van der Waals surface area contributed by atoms with Crippen LogP contribution in [0.5, 0.6) is 0 Å². The Morgan fingerprint density at radius 3 is 2.44 bits per heavy atom. The number of rotatable bonds is 3. The van der Waals surface area contributed by atoms with Crippen molar-refractivity contribution in [2.24, 2.45) is 0 Å². The lowest BCUT2D eigenvalue weighted by Gasteiger charge is -2.34. The largest absolute Gasteiger partial charge is 0.368 e. The summed E-state index contributed by atoms with van der Waals surface area (Å²) in [5.74, 6) is -0.0807. The van der Waals surface area contributed by atoms with E-state index in [4.69, 9.17) is 0 Å². The molecular weight excluding hydrogens is 449 g/mol. The number of hydrogen-bond acceptors (Lipinski definition) is 3. The molecule has 3 aromatic carbocycles. The molecule has 27 heavy (non-hydrogen) atoms. The molecule has 1 aliphatic rings. The second kappa shape index (κ2) is 7.86. The number of anilines is 2. The van der Waals surface area contributed by atoms with Gasteiger partial charge in [-0.1, -0.05) is 18.2 Å². The molecule has 0 radical (unpaired) electrons. The second-order valence-electron chi connectivity index (χ2n) is 6.96. The number of carbonyl (C=O) groups excluding carboxylic acids is 1. The number of likely N-dealkylation sites (N-methyl/N-ethyl adjacent to an activating group) is 1. The molecule has 0 aromatic heterocycles. The van der Waals surface area contributed by atoms with E-state index >= 15 is 0 Å². The van der Waals surface area contributed by atoms with Crippen LogP contribution in [0.1, 0.15) is 10.4 Å². The quantitative estimate of drug-likeness (QED) is 0.574. The summed E-state index contributed by atoms with van der Waals surface area (Å²) < 4.78 is 1.12. The Balaban J connectivity index is 1.62. The standard InChI is InChI=1S/C22H22IN3O/c1-25-11-13-26(14-12-25)21-4-2-3-16-7-10-19(15-20(16)21)24-22(27)17-5-8-18(23)9-6-17/h2-10,15H,11-14H2,1H3,(H,24,27). The molecule has 0 unspecified atom stereocenters. The molecule has 5 heteroatoms. The summed E-state index contributed by atoms with van der Waals surface area (Å²) >= 11 is 2.24. The summed E-state index contributed by atoms with van der Waals surface area (Å²) in [6, 6.07) is 20.2. The van der Waals surface area contributed by atoms with Crippen LogP contribution in [0.2, 0.25) is 0 Å². The molecule has 1 amide bonds. The highest BCUT2D eigenvalue weighted by Crippen LogP contribution is 2.30. The van der Waals surface area contributed by atoms with Gasteiger partial charge in [0.1, 0.15) is 0 Å². The molecule has 4 nitrogen and oxygen atoms in total. The lowest BCUT2D eigenvalue weighted by atomic mass is 10.1. The monoisotopic (exact) mass is 471 g/mol. The van der Waals surface area contributed by atoms with Crippen LogP contribution in [-0.2, 0) is 0 Å². The Labute approximate surface area is 173 Å². The predicted molar refractivity (Wildman–Crippen MR) is 121 cm³/mol.